The Hall–Kier alpha value is -2.15. The van der Waals surface area contributed by atoms with Gasteiger partial charge in [-0.25, -0.2) is 0 Å². The van der Waals surface area contributed by atoms with Gasteiger partial charge in [0.1, 0.15) is 0 Å². The molecule has 1 aliphatic heterocycles. The van der Waals surface area contributed by atoms with Gasteiger partial charge in [-0.3, -0.25) is 4.90 Å². The fourth-order valence-electron chi connectivity index (χ4n) is 5.64. The number of nitrogens with one attached hydrogen (secondary N) is 3. The molecular formula is C26H47N7. The molecule has 2 heterocycles. The second-order valence-electron chi connectivity index (χ2n) is 12.5. The number of hydrogen-bond acceptors (Lipinski definition) is 7. The molecule has 0 atom stereocenters. The number of nitrogens with zero attached hydrogens (tertiary/aromatic N) is 4. The highest BCUT2D eigenvalue weighted by Crippen LogP contribution is 2.39. The molecule has 0 unspecified atom stereocenters. The molecule has 3 N–H and O–H groups in total. The third-order valence-electron chi connectivity index (χ3n) is 6.06. The molecule has 186 valence electrons. The predicted molar refractivity (Wildman–Crippen MR) is 142 cm³/mol. The summed E-state index contributed by atoms with van der Waals surface area (Å²) in [5.41, 5.74) is 0.0817. The van der Waals surface area contributed by atoms with Crippen LogP contribution in [0.1, 0.15) is 81.6 Å². The summed E-state index contributed by atoms with van der Waals surface area (Å²) in [4.78, 5) is 16.6. The van der Waals surface area contributed by atoms with Crippen LogP contribution in [0.5, 0.6) is 0 Å². The smallest absolute Gasteiger partial charge is 0.229 e. The van der Waals surface area contributed by atoms with Crippen LogP contribution in [-0.2, 0) is 0 Å². The van der Waals surface area contributed by atoms with Gasteiger partial charge in [0.05, 0.1) is 0 Å². The lowest BCUT2D eigenvalue weighted by atomic mass is 9.77. The molecular weight excluding hydrogens is 410 g/mol. The molecule has 1 fully saturated rings. The summed E-state index contributed by atoms with van der Waals surface area (Å²) in [7, 11) is 0. The minimum Gasteiger partial charge on any atom is -0.351 e. The Labute approximate surface area is 202 Å². The SMILES string of the molecule is C=CCNc1nc(NC2CC(C)(C)N(CC=C)C(C)(C)C2)nc(NC(C)(C)CC(C)(C)C)n1. The van der Waals surface area contributed by atoms with Gasteiger partial charge >= 0.3 is 0 Å². The Morgan fingerprint density at radius 2 is 1.45 bits per heavy atom. The van der Waals surface area contributed by atoms with Crippen molar-refractivity contribution in [2.24, 2.45) is 5.41 Å². The average Bonchev–Trinajstić information content (AvgIpc) is 2.59. The lowest BCUT2D eigenvalue weighted by Gasteiger charge is -2.55. The number of anilines is 3. The van der Waals surface area contributed by atoms with E-state index in [9.17, 15) is 0 Å². The van der Waals surface area contributed by atoms with Gasteiger partial charge in [0.15, 0.2) is 0 Å². The summed E-state index contributed by atoms with van der Waals surface area (Å²) in [6, 6.07) is 0.251. The molecule has 0 aromatic carbocycles. The van der Waals surface area contributed by atoms with Gasteiger partial charge in [0.25, 0.3) is 0 Å². The molecule has 0 aliphatic carbocycles. The summed E-state index contributed by atoms with van der Waals surface area (Å²) >= 11 is 0. The minimum atomic E-state index is -0.160. The molecule has 1 aromatic heterocycles. The highest BCUT2D eigenvalue weighted by Gasteiger charge is 2.44. The second-order valence-corrected chi connectivity index (χ2v) is 12.5. The largest absolute Gasteiger partial charge is 0.351 e. The van der Waals surface area contributed by atoms with Crippen LogP contribution < -0.4 is 16.0 Å². The van der Waals surface area contributed by atoms with E-state index < -0.39 is 0 Å². The molecule has 0 radical (unpaired) electrons. The summed E-state index contributed by atoms with van der Waals surface area (Å²) in [6.45, 7) is 29.6. The number of likely N-dealkylation sites (tertiary alicyclic amines) is 1. The van der Waals surface area contributed by atoms with Crippen molar-refractivity contribution in [3.8, 4) is 0 Å². The van der Waals surface area contributed by atoms with E-state index in [1.807, 2.05) is 6.08 Å². The van der Waals surface area contributed by atoms with Gasteiger partial charge in [-0.2, -0.15) is 15.0 Å². The Kier molecular flexibility index (Phi) is 8.21. The van der Waals surface area contributed by atoms with Gasteiger partial charge in [0.2, 0.25) is 17.8 Å². The number of hydrogen-bond donors (Lipinski definition) is 3. The van der Waals surface area contributed by atoms with Crippen molar-refractivity contribution < 1.29 is 0 Å². The molecule has 33 heavy (non-hydrogen) atoms. The minimum absolute atomic E-state index is 0.0281. The molecule has 0 saturated carbocycles. The van der Waals surface area contributed by atoms with Crippen molar-refractivity contribution in [1.29, 1.82) is 0 Å². The average molecular weight is 458 g/mol. The summed E-state index contributed by atoms with van der Waals surface area (Å²) < 4.78 is 0. The Morgan fingerprint density at radius 1 is 0.909 bits per heavy atom. The van der Waals surface area contributed by atoms with Crippen molar-refractivity contribution in [1.82, 2.24) is 19.9 Å². The first kappa shape index (κ1) is 27.1. The van der Waals surface area contributed by atoms with Crippen molar-refractivity contribution in [2.45, 2.75) is 104 Å². The van der Waals surface area contributed by atoms with E-state index in [1.165, 1.54) is 0 Å². The summed E-state index contributed by atoms with van der Waals surface area (Å²) in [5, 5.41) is 10.4. The normalized spacial score (nSPS) is 19.1. The van der Waals surface area contributed by atoms with E-state index in [2.05, 4.69) is 106 Å². The predicted octanol–water partition coefficient (Wildman–Crippen LogP) is 5.72. The van der Waals surface area contributed by atoms with Crippen molar-refractivity contribution in [2.75, 3.05) is 29.0 Å². The van der Waals surface area contributed by atoms with E-state index in [0.29, 0.717) is 24.4 Å². The molecule has 0 bridgehead atoms. The zero-order valence-corrected chi connectivity index (χ0v) is 22.5. The Morgan fingerprint density at radius 3 is 1.97 bits per heavy atom. The van der Waals surface area contributed by atoms with E-state index in [0.717, 1.165) is 25.8 Å². The van der Waals surface area contributed by atoms with Gasteiger partial charge in [-0.05, 0) is 66.2 Å². The lowest BCUT2D eigenvalue weighted by molar-refractivity contribution is -0.0215. The van der Waals surface area contributed by atoms with Crippen LogP contribution in [0.15, 0.2) is 25.3 Å². The number of aromatic nitrogens is 3. The molecule has 1 aromatic rings. The van der Waals surface area contributed by atoms with Crippen LogP contribution >= 0.6 is 0 Å². The fraction of sp³-hybridized carbons (Fsp3) is 0.731. The Bertz CT molecular complexity index is 802. The topological polar surface area (TPSA) is 78.0 Å². The molecule has 1 saturated heterocycles. The first-order valence-corrected chi connectivity index (χ1v) is 12.1. The quantitative estimate of drug-likeness (QED) is 0.388. The fourth-order valence-corrected chi connectivity index (χ4v) is 5.64. The summed E-state index contributed by atoms with van der Waals surface area (Å²) in [6.07, 6.45) is 6.76. The van der Waals surface area contributed by atoms with Crippen LogP contribution in [0.2, 0.25) is 0 Å². The number of piperidine rings is 1. The molecule has 7 nitrogen and oxygen atoms in total. The van der Waals surface area contributed by atoms with E-state index >= 15 is 0 Å². The van der Waals surface area contributed by atoms with Crippen molar-refractivity contribution in [3.63, 3.8) is 0 Å². The maximum absolute atomic E-state index is 4.76. The van der Waals surface area contributed by atoms with E-state index in [1.54, 1.807) is 6.08 Å². The van der Waals surface area contributed by atoms with Crippen LogP contribution in [0, 0.1) is 5.41 Å². The lowest BCUT2D eigenvalue weighted by Crippen LogP contribution is -2.62. The molecule has 7 heteroatoms. The van der Waals surface area contributed by atoms with Crippen LogP contribution in [0.3, 0.4) is 0 Å². The van der Waals surface area contributed by atoms with Crippen molar-refractivity contribution >= 4 is 17.8 Å². The third kappa shape index (κ3) is 7.98. The molecule has 0 spiro atoms. The zero-order valence-electron chi connectivity index (χ0n) is 22.5. The third-order valence-corrected chi connectivity index (χ3v) is 6.06. The first-order valence-electron chi connectivity index (χ1n) is 12.1. The van der Waals surface area contributed by atoms with E-state index in [-0.39, 0.29) is 28.1 Å². The number of rotatable bonds is 10. The second kappa shape index (κ2) is 10.00. The van der Waals surface area contributed by atoms with Crippen LogP contribution in [0.4, 0.5) is 17.8 Å². The van der Waals surface area contributed by atoms with Gasteiger partial charge in [0, 0.05) is 35.7 Å². The zero-order chi connectivity index (χ0) is 25.1. The highest BCUT2D eigenvalue weighted by atomic mass is 15.3. The maximum Gasteiger partial charge on any atom is 0.229 e. The van der Waals surface area contributed by atoms with Crippen LogP contribution in [-0.4, -0.2) is 55.6 Å². The summed E-state index contributed by atoms with van der Waals surface area (Å²) in [5.74, 6) is 1.72. The maximum atomic E-state index is 4.76. The first-order chi connectivity index (χ1) is 15.1. The Balaban J connectivity index is 2.29. The highest BCUT2D eigenvalue weighted by molar-refractivity contribution is 5.44. The standard InChI is InChI=1S/C26H47N7/c1-12-14-27-20-29-21(31-22(30-20)32-24(6,7)18-23(3,4)5)28-19-16-25(8,9)33(15-13-2)26(10,11)17-19/h12-13,19H,1-2,14-18H2,3-11H3,(H3,27,28,29,30,31,32). The van der Waals surface area contributed by atoms with Gasteiger partial charge in [-0.15, -0.1) is 13.2 Å². The van der Waals surface area contributed by atoms with Crippen molar-refractivity contribution in [3.05, 3.63) is 25.3 Å². The monoisotopic (exact) mass is 457 g/mol. The molecule has 0 amide bonds. The van der Waals surface area contributed by atoms with E-state index in [4.69, 9.17) is 4.98 Å². The van der Waals surface area contributed by atoms with Crippen LogP contribution in [0.25, 0.3) is 0 Å². The molecule has 2 rings (SSSR count). The molecule has 1 aliphatic rings. The van der Waals surface area contributed by atoms with Gasteiger partial charge in [-0.1, -0.05) is 32.9 Å². The van der Waals surface area contributed by atoms with Gasteiger partial charge < -0.3 is 16.0 Å².